The summed E-state index contributed by atoms with van der Waals surface area (Å²) in [5, 5.41) is 3.06. The number of benzene rings is 1. The number of para-hydroxylation sites is 2. The van der Waals surface area contributed by atoms with Crippen LogP contribution in [0, 0.1) is 15.4 Å². The Morgan fingerprint density at radius 2 is 2.00 bits per heavy atom. The zero-order chi connectivity index (χ0) is 18.7. The molecule has 27 heavy (non-hydrogen) atoms. The van der Waals surface area contributed by atoms with Gasteiger partial charge in [0.25, 0.3) is 0 Å². The second-order valence-corrected chi connectivity index (χ2v) is 8.63. The fourth-order valence-electron chi connectivity index (χ4n) is 4.32. The maximum atomic E-state index is 11.3. The van der Waals surface area contributed by atoms with Gasteiger partial charge in [-0.05, 0) is 40.8 Å². The number of carbonyl (C=O) groups excluding carboxylic acids is 1. The van der Waals surface area contributed by atoms with Gasteiger partial charge in [0.2, 0.25) is 5.91 Å². The van der Waals surface area contributed by atoms with E-state index in [1.54, 1.807) is 6.92 Å². The molecular weight excluding hydrogens is 453 g/mol. The maximum absolute atomic E-state index is 11.3. The third-order valence-electron chi connectivity index (χ3n) is 5.76. The van der Waals surface area contributed by atoms with Gasteiger partial charge in [-0.25, -0.2) is 9.97 Å². The zero-order valence-corrected chi connectivity index (χ0v) is 17.3. The van der Waals surface area contributed by atoms with Crippen LogP contribution in [0.1, 0.15) is 6.92 Å². The summed E-state index contributed by atoms with van der Waals surface area (Å²) in [5.41, 5.74) is 3.24. The van der Waals surface area contributed by atoms with E-state index in [9.17, 15) is 4.79 Å². The van der Waals surface area contributed by atoms with Gasteiger partial charge in [-0.3, -0.25) is 4.79 Å². The minimum Gasteiger partial charge on any atom is -0.356 e. The Bertz CT molecular complexity index is 1050. The van der Waals surface area contributed by atoms with Crippen molar-refractivity contribution in [3.63, 3.8) is 0 Å². The SMILES string of the molecule is CC(=O)N[C@H]1[C@@H]2CN(c3cc(-c4nc5ccccc5n4C)c(I)cn3)C[C@@H]21. The molecule has 1 aliphatic heterocycles. The number of imidazole rings is 1. The van der Waals surface area contributed by atoms with Gasteiger partial charge in [-0.2, -0.15) is 0 Å². The molecule has 0 spiro atoms. The molecule has 1 amide bonds. The predicted molar refractivity (Wildman–Crippen MR) is 113 cm³/mol. The highest BCUT2D eigenvalue weighted by Gasteiger charge is 2.56. The summed E-state index contributed by atoms with van der Waals surface area (Å²) < 4.78 is 3.24. The lowest BCUT2D eigenvalue weighted by molar-refractivity contribution is -0.119. The molecule has 1 aromatic carbocycles. The Balaban J connectivity index is 1.44. The molecule has 0 radical (unpaired) electrons. The molecule has 1 aliphatic carbocycles. The van der Waals surface area contributed by atoms with E-state index in [4.69, 9.17) is 4.98 Å². The van der Waals surface area contributed by atoms with Crippen molar-refractivity contribution in [3.8, 4) is 11.4 Å². The van der Waals surface area contributed by atoms with Crippen LogP contribution in [-0.4, -0.2) is 39.6 Å². The summed E-state index contributed by atoms with van der Waals surface area (Å²) in [6, 6.07) is 10.7. The Kier molecular flexibility index (Phi) is 3.89. The third kappa shape index (κ3) is 2.79. The molecule has 1 N–H and O–H groups in total. The summed E-state index contributed by atoms with van der Waals surface area (Å²) in [4.78, 5) is 23.1. The summed E-state index contributed by atoms with van der Waals surface area (Å²) in [5.74, 6) is 3.12. The predicted octanol–water partition coefficient (Wildman–Crippen LogP) is 2.81. The van der Waals surface area contributed by atoms with Gasteiger partial charge < -0.3 is 14.8 Å². The molecule has 0 unspecified atom stereocenters. The smallest absolute Gasteiger partial charge is 0.217 e. The van der Waals surface area contributed by atoms with E-state index < -0.39 is 0 Å². The number of pyridine rings is 1. The van der Waals surface area contributed by atoms with Crippen molar-refractivity contribution in [2.24, 2.45) is 18.9 Å². The van der Waals surface area contributed by atoms with Crippen molar-refractivity contribution in [3.05, 3.63) is 40.1 Å². The number of carbonyl (C=O) groups is 1. The molecule has 5 rings (SSSR count). The second kappa shape index (κ2) is 6.19. The van der Waals surface area contributed by atoms with Crippen LogP contribution >= 0.6 is 22.6 Å². The molecule has 2 fully saturated rings. The van der Waals surface area contributed by atoms with E-state index >= 15 is 0 Å². The molecule has 0 bridgehead atoms. The number of aromatic nitrogens is 3. The molecule has 3 heterocycles. The van der Waals surface area contributed by atoms with Crippen LogP contribution in [0.3, 0.4) is 0 Å². The first-order valence-corrected chi connectivity index (χ1v) is 10.2. The van der Waals surface area contributed by atoms with Gasteiger partial charge in [0.05, 0.1) is 11.0 Å². The minimum absolute atomic E-state index is 0.0671. The Morgan fingerprint density at radius 1 is 1.26 bits per heavy atom. The quantitative estimate of drug-likeness (QED) is 0.595. The lowest BCUT2D eigenvalue weighted by Gasteiger charge is -2.22. The standard InChI is InChI=1S/C20H20IN5O/c1-11(27)23-19-13-9-26(10-14(13)19)18-7-12(15(21)8-22-18)20-24-16-5-3-4-6-17(16)25(20)2/h3-8,13-14,19H,9-10H2,1-2H3,(H,23,27)/t13-,14+,19+. The average Bonchev–Trinajstić information content (AvgIpc) is 2.99. The molecule has 6 nitrogen and oxygen atoms in total. The molecule has 2 aliphatic rings. The zero-order valence-electron chi connectivity index (χ0n) is 15.2. The first-order valence-electron chi connectivity index (χ1n) is 9.12. The van der Waals surface area contributed by atoms with Crippen LogP contribution in [0.15, 0.2) is 36.5 Å². The van der Waals surface area contributed by atoms with Gasteiger partial charge >= 0.3 is 0 Å². The van der Waals surface area contributed by atoms with Gasteiger partial charge in [0.15, 0.2) is 0 Å². The fraction of sp³-hybridized carbons (Fsp3) is 0.350. The number of anilines is 1. The van der Waals surface area contributed by atoms with Crippen molar-refractivity contribution in [1.82, 2.24) is 19.9 Å². The molecule has 3 aromatic rings. The highest BCUT2D eigenvalue weighted by atomic mass is 127. The molecule has 2 aromatic heterocycles. The van der Waals surface area contributed by atoms with E-state index in [1.165, 1.54) is 0 Å². The first kappa shape index (κ1) is 17.0. The lowest BCUT2D eigenvalue weighted by atomic mass is 10.2. The van der Waals surface area contributed by atoms with Gasteiger partial charge in [0, 0.05) is 60.3 Å². The number of halogens is 1. The Hall–Kier alpha value is -2.16. The summed E-state index contributed by atoms with van der Waals surface area (Å²) in [6.07, 6.45) is 1.93. The average molecular weight is 473 g/mol. The number of nitrogens with one attached hydrogen (secondary N) is 1. The van der Waals surface area contributed by atoms with Crippen molar-refractivity contribution in [1.29, 1.82) is 0 Å². The summed E-state index contributed by atoms with van der Waals surface area (Å²) in [7, 11) is 2.06. The summed E-state index contributed by atoms with van der Waals surface area (Å²) in [6.45, 7) is 3.49. The van der Waals surface area contributed by atoms with Crippen LogP contribution in [-0.2, 0) is 11.8 Å². The van der Waals surface area contributed by atoms with Crippen molar-refractivity contribution in [2.75, 3.05) is 18.0 Å². The Morgan fingerprint density at radius 3 is 2.70 bits per heavy atom. The van der Waals surface area contributed by atoms with Gasteiger partial charge in [0.1, 0.15) is 11.6 Å². The monoisotopic (exact) mass is 473 g/mol. The number of nitrogens with zero attached hydrogens (tertiary/aromatic N) is 4. The third-order valence-corrected chi connectivity index (χ3v) is 6.62. The molecule has 7 heteroatoms. The first-order chi connectivity index (χ1) is 13.0. The topological polar surface area (TPSA) is 63.1 Å². The molecular formula is C20H20IN5O. The van der Waals surface area contributed by atoms with Crippen LogP contribution < -0.4 is 10.2 Å². The van der Waals surface area contributed by atoms with E-state index in [2.05, 4.69) is 61.5 Å². The molecule has 1 saturated heterocycles. The maximum Gasteiger partial charge on any atom is 0.217 e. The van der Waals surface area contributed by atoms with E-state index in [0.717, 1.165) is 44.9 Å². The normalized spacial score (nSPS) is 23.5. The number of rotatable bonds is 3. The molecule has 1 saturated carbocycles. The number of amides is 1. The number of hydrogen-bond donors (Lipinski definition) is 1. The second-order valence-electron chi connectivity index (χ2n) is 7.46. The van der Waals surface area contributed by atoms with Crippen molar-refractivity contribution >= 4 is 45.3 Å². The van der Waals surface area contributed by atoms with Crippen molar-refractivity contribution < 1.29 is 4.79 Å². The van der Waals surface area contributed by atoms with Gasteiger partial charge in [-0.15, -0.1) is 0 Å². The van der Waals surface area contributed by atoms with Crippen LogP contribution in [0.4, 0.5) is 5.82 Å². The minimum atomic E-state index is 0.0671. The lowest BCUT2D eigenvalue weighted by Crippen LogP contribution is -2.33. The summed E-state index contributed by atoms with van der Waals surface area (Å²) >= 11 is 2.33. The Labute approximate surface area is 171 Å². The number of hydrogen-bond acceptors (Lipinski definition) is 4. The van der Waals surface area contributed by atoms with Crippen LogP contribution in [0.2, 0.25) is 0 Å². The fourth-order valence-corrected chi connectivity index (χ4v) is 4.86. The number of aryl methyl sites for hydroxylation is 1. The van der Waals surface area contributed by atoms with Gasteiger partial charge in [-0.1, -0.05) is 12.1 Å². The number of fused-ring (bicyclic) bond motifs is 2. The molecule has 3 atom stereocenters. The van der Waals surface area contributed by atoms with Crippen LogP contribution in [0.25, 0.3) is 22.4 Å². The molecule has 138 valence electrons. The van der Waals surface area contributed by atoms with E-state index in [1.807, 2.05) is 24.4 Å². The van der Waals surface area contributed by atoms with E-state index in [-0.39, 0.29) is 5.91 Å². The van der Waals surface area contributed by atoms with E-state index in [0.29, 0.717) is 17.9 Å². The highest BCUT2D eigenvalue weighted by Crippen LogP contribution is 2.46. The van der Waals surface area contributed by atoms with Crippen LogP contribution in [0.5, 0.6) is 0 Å². The number of piperidine rings is 1. The largest absolute Gasteiger partial charge is 0.356 e. The van der Waals surface area contributed by atoms with Crippen molar-refractivity contribution in [2.45, 2.75) is 13.0 Å². The highest BCUT2D eigenvalue weighted by molar-refractivity contribution is 14.1.